The number of carbonyl (C=O) groups is 2. The first-order valence-electron chi connectivity index (χ1n) is 7.84. The number of primary amides is 1. The predicted octanol–water partition coefficient (Wildman–Crippen LogP) is 2.26. The molecule has 0 heterocycles. The van der Waals surface area contributed by atoms with Crippen molar-refractivity contribution >= 4 is 12.0 Å². The number of hydrogen-bond acceptors (Lipinski definition) is 4. The van der Waals surface area contributed by atoms with Crippen LogP contribution in [0, 0.1) is 0 Å². The summed E-state index contributed by atoms with van der Waals surface area (Å²) in [5.74, 6) is -0.474. The molecule has 0 spiro atoms. The first kappa shape index (κ1) is 20.7. The van der Waals surface area contributed by atoms with E-state index < -0.39 is 29.2 Å². The third-order valence-electron chi connectivity index (χ3n) is 3.23. The van der Waals surface area contributed by atoms with Crippen LogP contribution in [0.3, 0.4) is 0 Å². The Morgan fingerprint density at radius 3 is 2.00 bits per heavy atom. The normalized spacial score (nSPS) is 15.1. The third kappa shape index (κ3) is 7.64. The van der Waals surface area contributed by atoms with Crippen LogP contribution in [0.25, 0.3) is 0 Å². The molecule has 0 saturated heterocycles. The summed E-state index contributed by atoms with van der Waals surface area (Å²) in [5.41, 5.74) is 4.41. The summed E-state index contributed by atoms with van der Waals surface area (Å²) in [5, 5.41) is 3.16. The van der Waals surface area contributed by atoms with Crippen LogP contribution in [0.15, 0.2) is 0 Å². The molecule has 3 N–H and O–H groups in total. The zero-order valence-corrected chi connectivity index (χ0v) is 15.3. The Kier molecular flexibility index (Phi) is 7.35. The molecule has 0 aliphatic carbocycles. The Morgan fingerprint density at radius 1 is 1.18 bits per heavy atom. The van der Waals surface area contributed by atoms with Crippen LogP contribution in [0.5, 0.6) is 0 Å². The number of nitrogens with one attached hydrogen (secondary N) is 1. The van der Waals surface area contributed by atoms with Crippen molar-refractivity contribution in [3.05, 3.63) is 0 Å². The van der Waals surface area contributed by atoms with Gasteiger partial charge in [0.25, 0.3) is 0 Å². The van der Waals surface area contributed by atoms with E-state index in [9.17, 15) is 9.59 Å². The van der Waals surface area contributed by atoms with E-state index in [1.54, 1.807) is 4.90 Å². The number of carbonyl (C=O) groups excluding carboxylic acids is 2. The Bertz CT molecular complexity index is 383. The number of hydrogen-bond donors (Lipinski definition) is 2. The molecule has 0 aliphatic heterocycles. The average molecular weight is 315 g/mol. The maximum atomic E-state index is 12.4. The number of nitrogens with zero attached hydrogens (tertiary/aromatic N) is 1. The van der Waals surface area contributed by atoms with Gasteiger partial charge in [-0.3, -0.25) is 4.79 Å². The lowest BCUT2D eigenvalue weighted by Gasteiger charge is -2.38. The van der Waals surface area contributed by atoms with Gasteiger partial charge in [0, 0.05) is 18.1 Å². The van der Waals surface area contributed by atoms with Gasteiger partial charge in [0.15, 0.2) is 0 Å². The second-order valence-electron chi connectivity index (χ2n) is 7.69. The second kappa shape index (κ2) is 7.81. The Hall–Kier alpha value is -1.30. The smallest absolute Gasteiger partial charge is 0.410 e. The molecule has 0 aromatic rings. The monoisotopic (exact) mass is 315 g/mol. The molecule has 0 bridgehead atoms. The standard InChI is InChI=1S/C16H33N3O3/c1-9-11(2)18-12(13(17)20)10-19(15(3,4)5)14(21)22-16(6,7)8/h11-12,18H,9-10H2,1-8H3,(H2,17,20). The van der Waals surface area contributed by atoms with Crippen LogP contribution in [0.1, 0.15) is 61.8 Å². The molecule has 2 unspecified atom stereocenters. The van der Waals surface area contributed by atoms with Gasteiger partial charge in [0.1, 0.15) is 11.6 Å². The largest absolute Gasteiger partial charge is 0.444 e. The zero-order chi connectivity index (χ0) is 17.7. The molecule has 0 aliphatic rings. The van der Waals surface area contributed by atoms with Gasteiger partial charge in [-0.1, -0.05) is 6.92 Å². The fourth-order valence-electron chi connectivity index (χ4n) is 1.81. The van der Waals surface area contributed by atoms with Crippen molar-refractivity contribution in [2.45, 2.75) is 85.0 Å². The van der Waals surface area contributed by atoms with E-state index in [1.165, 1.54) is 0 Å². The van der Waals surface area contributed by atoms with Crippen molar-refractivity contribution in [1.29, 1.82) is 0 Å². The van der Waals surface area contributed by atoms with E-state index in [0.29, 0.717) is 0 Å². The van der Waals surface area contributed by atoms with E-state index in [0.717, 1.165) is 6.42 Å². The second-order valence-corrected chi connectivity index (χ2v) is 7.69. The lowest BCUT2D eigenvalue weighted by atomic mass is 10.0. The highest BCUT2D eigenvalue weighted by Gasteiger charge is 2.34. The fourth-order valence-corrected chi connectivity index (χ4v) is 1.81. The lowest BCUT2D eigenvalue weighted by Crippen LogP contribution is -2.57. The minimum atomic E-state index is -0.610. The van der Waals surface area contributed by atoms with Gasteiger partial charge in [-0.15, -0.1) is 0 Å². The molecular formula is C16H33N3O3. The molecule has 0 saturated carbocycles. The van der Waals surface area contributed by atoms with Gasteiger partial charge in [0.2, 0.25) is 5.91 Å². The molecule has 0 fully saturated rings. The highest BCUT2D eigenvalue weighted by atomic mass is 16.6. The molecule has 0 aromatic carbocycles. The van der Waals surface area contributed by atoms with Crippen LogP contribution in [0.2, 0.25) is 0 Å². The minimum absolute atomic E-state index is 0.137. The summed E-state index contributed by atoms with van der Waals surface area (Å²) in [6.07, 6.45) is 0.420. The molecule has 0 aromatic heterocycles. The minimum Gasteiger partial charge on any atom is -0.444 e. The molecule has 22 heavy (non-hydrogen) atoms. The molecule has 6 heteroatoms. The number of amides is 2. The van der Waals surface area contributed by atoms with Crippen molar-refractivity contribution in [3.63, 3.8) is 0 Å². The van der Waals surface area contributed by atoms with Crippen LogP contribution in [0.4, 0.5) is 4.79 Å². The van der Waals surface area contributed by atoms with Crippen molar-refractivity contribution in [2.75, 3.05) is 6.54 Å². The van der Waals surface area contributed by atoms with Gasteiger partial charge < -0.3 is 20.7 Å². The lowest BCUT2D eigenvalue weighted by molar-refractivity contribution is -0.120. The van der Waals surface area contributed by atoms with Crippen LogP contribution in [-0.2, 0) is 9.53 Å². The van der Waals surface area contributed by atoms with E-state index in [2.05, 4.69) is 5.32 Å². The maximum absolute atomic E-state index is 12.4. The first-order valence-corrected chi connectivity index (χ1v) is 7.84. The van der Waals surface area contributed by atoms with E-state index >= 15 is 0 Å². The molecule has 2 atom stereocenters. The van der Waals surface area contributed by atoms with E-state index in [1.807, 2.05) is 55.4 Å². The maximum Gasteiger partial charge on any atom is 0.410 e. The highest BCUT2D eigenvalue weighted by Crippen LogP contribution is 2.19. The summed E-state index contributed by atoms with van der Waals surface area (Å²) in [6.45, 7) is 15.3. The molecule has 0 rings (SSSR count). The summed E-state index contributed by atoms with van der Waals surface area (Å²) < 4.78 is 5.45. The highest BCUT2D eigenvalue weighted by molar-refractivity contribution is 5.81. The van der Waals surface area contributed by atoms with E-state index in [-0.39, 0.29) is 12.6 Å². The van der Waals surface area contributed by atoms with Gasteiger partial charge in [-0.25, -0.2) is 4.79 Å². The Labute approximate surface area is 134 Å². The van der Waals surface area contributed by atoms with Gasteiger partial charge in [0.05, 0.1) is 0 Å². The third-order valence-corrected chi connectivity index (χ3v) is 3.23. The van der Waals surface area contributed by atoms with Crippen LogP contribution in [-0.4, -0.2) is 46.7 Å². The quantitative estimate of drug-likeness (QED) is 0.787. The Balaban J connectivity index is 5.19. The SMILES string of the molecule is CCC(C)NC(CN(C(=O)OC(C)(C)C)C(C)(C)C)C(N)=O. The zero-order valence-electron chi connectivity index (χ0n) is 15.3. The molecule has 2 amide bonds. The van der Waals surface area contributed by atoms with Crippen molar-refractivity contribution in [1.82, 2.24) is 10.2 Å². The number of rotatable bonds is 6. The van der Waals surface area contributed by atoms with E-state index in [4.69, 9.17) is 10.5 Å². The summed E-state index contributed by atoms with van der Waals surface area (Å²) in [4.78, 5) is 25.7. The molecule has 130 valence electrons. The molecule has 6 nitrogen and oxygen atoms in total. The van der Waals surface area contributed by atoms with Gasteiger partial charge >= 0.3 is 6.09 Å². The number of nitrogens with two attached hydrogens (primary N) is 1. The summed E-state index contributed by atoms with van der Waals surface area (Å²) in [7, 11) is 0. The van der Waals surface area contributed by atoms with Crippen LogP contribution < -0.4 is 11.1 Å². The van der Waals surface area contributed by atoms with Crippen LogP contribution >= 0.6 is 0 Å². The Morgan fingerprint density at radius 2 is 1.68 bits per heavy atom. The fraction of sp³-hybridized carbons (Fsp3) is 0.875. The molecular weight excluding hydrogens is 282 g/mol. The summed E-state index contributed by atoms with van der Waals surface area (Å²) in [6, 6.07) is -0.473. The summed E-state index contributed by atoms with van der Waals surface area (Å²) >= 11 is 0. The predicted molar refractivity (Wildman–Crippen MR) is 88.6 cm³/mol. The first-order chi connectivity index (χ1) is 9.77. The average Bonchev–Trinajstić information content (AvgIpc) is 2.29. The van der Waals surface area contributed by atoms with Gasteiger partial charge in [-0.05, 0) is 54.9 Å². The van der Waals surface area contributed by atoms with Crippen molar-refractivity contribution in [2.24, 2.45) is 5.73 Å². The van der Waals surface area contributed by atoms with Crippen molar-refractivity contribution < 1.29 is 14.3 Å². The molecule has 0 radical (unpaired) electrons. The van der Waals surface area contributed by atoms with Gasteiger partial charge in [-0.2, -0.15) is 0 Å². The van der Waals surface area contributed by atoms with Crippen molar-refractivity contribution in [3.8, 4) is 0 Å². The number of ether oxygens (including phenoxy) is 1. The topological polar surface area (TPSA) is 84.7 Å².